The summed E-state index contributed by atoms with van der Waals surface area (Å²) >= 11 is 1.91. The molecule has 0 aromatic heterocycles. The van der Waals surface area contributed by atoms with Crippen molar-refractivity contribution in [3.63, 3.8) is 0 Å². The Labute approximate surface area is 53.0 Å². The van der Waals surface area contributed by atoms with Gasteiger partial charge >= 0.3 is 0 Å². The number of nitrogens with one attached hydrogen (secondary N) is 1. The smallest absolute Gasteiger partial charge is 0.102 e. The summed E-state index contributed by atoms with van der Waals surface area (Å²) in [6.45, 7) is 0.298. The summed E-state index contributed by atoms with van der Waals surface area (Å²) in [6, 6.07) is 0.607. The summed E-state index contributed by atoms with van der Waals surface area (Å²) in [5, 5.41) is 3.07. The number of halogens is 1. The highest BCUT2D eigenvalue weighted by Crippen LogP contribution is 2.16. The minimum Gasteiger partial charge on any atom is -0.310 e. The molecule has 0 aromatic rings. The molecule has 1 heterocycles. The summed E-state index contributed by atoms with van der Waals surface area (Å²) in [6.07, 6.45) is 0. The predicted octanol–water partition coefficient (Wildman–Crippen LogP) is 0.661. The molecule has 0 aromatic carbocycles. The van der Waals surface area contributed by atoms with Gasteiger partial charge in [0.05, 0.1) is 0 Å². The zero-order valence-corrected chi connectivity index (χ0v) is 5.51. The molecule has 1 saturated heterocycles. The van der Waals surface area contributed by atoms with Crippen molar-refractivity contribution in [2.45, 2.75) is 6.04 Å². The van der Waals surface area contributed by atoms with E-state index in [1.807, 2.05) is 11.8 Å². The van der Waals surface area contributed by atoms with E-state index in [9.17, 15) is 4.39 Å². The zero-order valence-electron chi connectivity index (χ0n) is 4.69. The van der Waals surface area contributed by atoms with Gasteiger partial charge in [0.15, 0.2) is 0 Å². The number of hydrogen-bond acceptors (Lipinski definition) is 2. The van der Waals surface area contributed by atoms with Gasteiger partial charge < -0.3 is 5.32 Å². The molecule has 0 atom stereocenters. The Bertz CT molecular complexity index is 65.4. The van der Waals surface area contributed by atoms with Crippen molar-refractivity contribution in [3.05, 3.63) is 0 Å². The highest BCUT2D eigenvalue weighted by Gasteiger charge is 2.15. The van der Waals surface area contributed by atoms with E-state index in [1.54, 1.807) is 0 Å². The molecule has 1 aliphatic heterocycles. The number of alkyl halides is 1. The quantitative estimate of drug-likeness (QED) is 0.610. The molecule has 8 heavy (non-hydrogen) atoms. The lowest BCUT2D eigenvalue weighted by atomic mass is 10.4. The van der Waals surface area contributed by atoms with Crippen LogP contribution in [0.5, 0.6) is 0 Å². The van der Waals surface area contributed by atoms with E-state index in [0.29, 0.717) is 12.6 Å². The van der Waals surface area contributed by atoms with Gasteiger partial charge in [-0.2, -0.15) is 11.8 Å². The largest absolute Gasteiger partial charge is 0.310 e. The molecule has 1 nitrogen and oxygen atoms in total. The molecule has 1 aliphatic rings. The second-order valence-electron chi connectivity index (χ2n) is 1.88. The van der Waals surface area contributed by atoms with Crippen molar-refractivity contribution in [1.82, 2.24) is 5.32 Å². The number of thioether (sulfide) groups is 1. The van der Waals surface area contributed by atoms with Crippen molar-refractivity contribution >= 4 is 11.8 Å². The monoisotopic (exact) mass is 135 g/mol. The van der Waals surface area contributed by atoms with E-state index in [2.05, 4.69) is 5.32 Å². The topological polar surface area (TPSA) is 12.0 Å². The standard InChI is InChI=1S/C5H10FNS/c6-1-2-7-5-3-8-4-5/h5,7H,1-4H2. The molecule has 3 heteroatoms. The maximum atomic E-state index is 11.4. The van der Waals surface area contributed by atoms with Crippen LogP contribution in [-0.2, 0) is 0 Å². The van der Waals surface area contributed by atoms with Crippen molar-refractivity contribution < 1.29 is 4.39 Å². The maximum Gasteiger partial charge on any atom is 0.102 e. The molecule has 0 saturated carbocycles. The van der Waals surface area contributed by atoms with Gasteiger partial charge in [-0.05, 0) is 0 Å². The fourth-order valence-electron chi connectivity index (χ4n) is 0.612. The minimum absolute atomic E-state index is 0.235. The minimum atomic E-state index is -0.235. The van der Waals surface area contributed by atoms with Gasteiger partial charge in [0, 0.05) is 24.1 Å². The highest BCUT2D eigenvalue weighted by molar-refractivity contribution is 8.00. The molecule has 0 unspecified atom stereocenters. The van der Waals surface area contributed by atoms with Crippen LogP contribution in [-0.4, -0.2) is 30.8 Å². The van der Waals surface area contributed by atoms with Crippen LogP contribution in [0.15, 0.2) is 0 Å². The molecule has 0 amide bonds. The van der Waals surface area contributed by atoms with Crippen molar-refractivity contribution in [2.24, 2.45) is 0 Å². The molecule has 0 aliphatic carbocycles. The van der Waals surface area contributed by atoms with E-state index in [1.165, 1.54) is 11.5 Å². The van der Waals surface area contributed by atoms with Gasteiger partial charge in [-0.1, -0.05) is 0 Å². The summed E-state index contributed by atoms with van der Waals surface area (Å²) in [7, 11) is 0. The van der Waals surface area contributed by atoms with Crippen LogP contribution in [0.25, 0.3) is 0 Å². The van der Waals surface area contributed by atoms with Gasteiger partial charge in [-0.15, -0.1) is 0 Å². The average Bonchev–Trinajstić information content (AvgIpc) is 1.63. The van der Waals surface area contributed by atoms with E-state index in [4.69, 9.17) is 0 Å². The van der Waals surface area contributed by atoms with Gasteiger partial charge in [0.2, 0.25) is 0 Å². The van der Waals surface area contributed by atoms with E-state index in [0.717, 1.165) is 0 Å². The average molecular weight is 135 g/mol. The first-order valence-corrected chi connectivity index (χ1v) is 3.96. The summed E-state index contributed by atoms with van der Waals surface area (Å²) in [4.78, 5) is 0. The van der Waals surface area contributed by atoms with Crippen LogP contribution in [0.2, 0.25) is 0 Å². The molecule has 0 spiro atoms. The van der Waals surface area contributed by atoms with Crippen LogP contribution < -0.4 is 5.32 Å². The molecular weight excluding hydrogens is 125 g/mol. The lowest BCUT2D eigenvalue weighted by Gasteiger charge is -2.25. The third kappa shape index (κ3) is 1.63. The molecule has 48 valence electrons. The molecular formula is C5H10FNS. The van der Waals surface area contributed by atoms with E-state index < -0.39 is 0 Å². The van der Waals surface area contributed by atoms with Gasteiger partial charge in [0.1, 0.15) is 6.67 Å². The first-order valence-electron chi connectivity index (χ1n) is 2.80. The molecule has 0 radical (unpaired) electrons. The Morgan fingerprint density at radius 3 is 2.75 bits per heavy atom. The van der Waals surface area contributed by atoms with Crippen molar-refractivity contribution in [3.8, 4) is 0 Å². The fraction of sp³-hybridized carbons (Fsp3) is 1.00. The number of hydrogen-bond donors (Lipinski definition) is 1. The summed E-state index contributed by atoms with van der Waals surface area (Å²) < 4.78 is 11.4. The molecule has 1 rings (SSSR count). The lowest BCUT2D eigenvalue weighted by molar-refractivity contribution is 0.447. The van der Waals surface area contributed by atoms with Crippen LogP contribution in [0.1, 0.15) is 0 Å². The molecule has 0 bridgehead atoms. The maximum absolute atomic E-state index is 11.4. The van der Waals surface area contributed by atoms with E-state index in [-0.39, 0.29) is 6.67 Å². The zero-order chi connectivity index (χ0) is 5.82. The third-order valence-corrected chi connectivity index (χ3v) is 2.44. The number of rotatable bonds is 3. The first kappa shape index (κ1) is 6.36. The van der Waals surface area contributed by atoms with Gasteiger partial charge in [-0.25, -0.2) is 4.39 Å². The van der Waals surface area contributed by atoms with Crippen LogP contribution >= 0.6 is 11.8 Å². The normalized spacial score (nSPS) is 20.6. The predicted molar refractivity (Wildman–Crippen MR) is 35.1 cm³/mol. The van der Waals surface area contributed by atoms with Gasteiger partial charge in [0.25, 0.3) is 0 Å². The SMILES string of the molecule is FCCNC1CSC1. The Morgan fingerprint density at radius 2 is 2.38 bits per heavy atom. The van der Waals surface area contributed by atoms with Crippen LogP contribution in [0.4, 0.5) is 4.39 Å². The Kier molecular flexibility index (Phi) is 2.63. The second-order valence-corrected chi connectivity index (χ2v) is 2.95. The Morgan fingerprint density at radius 1 is 1.62 bits per heavy atom. The Hall–Kier alpha value is 0.240. The van der Waals surface area contributed by atoms with Crippen molar-refractivity contribution in [2.75, 3.05) is 24.7 Å². The summed E-state index contributed by atoms with van der Waals surface area (Å²) in [5.74, 6) is 2.33. The van der Waals surface area contributed by atoms with Crippen LogP contribution in [0, 0.1) is 0 Å². The highest BCUT2D eigenvalue weighted by atomic mass is 32.2. The summed E-state index contributed by atoms with van der Waals surface area (Å²) in [5.41, 5.74) is 0. The molecule has 1 fully saturated rings. The van der Waals surface area contributed by atoms with Crippen LogP contribution in [0.3, 0.4) is 0 Å². The fourth-order valence-corrected chi connectivity index (χ4v) is 1.32. The van der Waals surface area contributed by atoms with Crippen molar-refractivity contribution in [1.29, 1.82) is 0 Å². The Balaban J connectivity index is 1.86. The van der Waals surface area contributed by atoms with Gasteiger partial charge in [-0.3, -0.25) is 0 Å². The van der Waals surface area contributed by atoms with E-state index >= 15 is 0 Å². The molecule has 1 N–H and O–H groups in total. The first-order chi connectivity index (χ1) is 3.93. The third-order valence-electron chi connectivity index (χ3n) is 1.17. The lowest BCUT2D eigenvalue weighted by Crippen LogP contribution is -2.41. The second kappa shape index (κ2) is 3.30.